The number of urea groups is 1. The van der Waals surface area contributed by atoms with Crippen LogP contribution in [0.25, 0.3) is 0 Å². The minimum absolute atomic E-state index is 0.0700. The summed E-state index contributed by atoms with van der Waals surface area (Å²) >= 11 is 6.09. The lowest BCUT2D eigenvalue weighted by molar-refractivity contribution is -0.149. The Balaban J connectivity index is 1.35. The Bertz CT molecular complexity index is 602. The SMILES string of the molecule is O=C(NCC1(c2cccc(Cl)c2)CCO1)NC1CC2CCC1C2. The van der Waals surface area contributed by atoms with Crippen molar-refractivity contribution < 1.29 is 9.53 Å². The first-order valence-corrected chi connectivity index (χ1v) is 8.97. The van der Waals surface area contributed by atoms with Gasteiger partial charge in [0.25, 0.3) is 0 Å². The molecule has 5 heteroatoms. The summed E-state index contributed by atoms with van der Waals surface area (Å²) in [6, 6.07) is 8.01. The molecule has 2 saturated carbocycles. The molecule has 4 nitrogen and oxygen atoms in total. The van der Waals surface area contributed by atoms with Gasteiger partial charge in [-0.05, 0) is 48.8 Å². The van der Waals surface area contributed by atoms with Crippen molar-refractivity contribution in [3.05, 3.63) is 34.9 Å². The number of rotatable bonds is 4. The normalized spacial score (nSPS) is 34.9. The monoisotopic (exact) mass is 334 g/mol. The molecule has 1 aromatic carbocycles. The summed E-state index contributed by atoms with van der Waals surface area (Å²) in [5, 5.41) is 6.87. The summed E-state index contributed by atoms with van der Waals surface area (Å²) in [7, 11) is 0. The zero-order chi connectivity index (χ0) is 15.9. The van der Waals surface area contributed by atoms with Gasteiger partial charge in [-0.2, -0.15) is 0 Å². The number of amides is 2. The van der Waals surface area contributed by atoms with Crippen LogP contribution in [0.4, 0.5) is 4.79 Å². The van der Waals surface area contributed by atoms with E-state index in [9.17, 15) is 4.79 Å². The van der Waals surface area contributed by atoms with E-state index in [0.29, 0.717) is 23.5 Å². The Hall–Kier alpha value is -1.26. The van der Waals surface area contributed by atoms with Crippen molar-refractivity contribution in [3.8, 4) is 0 Å². The third-order valence-corrected chi connectivity index (χ3v) is 6.06. The third kappa shape index (κ3) is 2.94. The van der Waals surface area contributed by atoms with Gasteiger partial charge in [0, 0.05) is 17.5 Å². The molecule has 124 valence electrons. The number of ether oxygens (including phenoxy) is 1. The van der Waals surface area contributed by atoms with E-state index in [4.69, 9.17) is 16.3 Å². The van der Waals surface area contributed by atoms with Gasteiger partial charge in [-0.25, -0.2) is 4.79 Å². The Morgan fingerprint density at radius 3 is 2.83 bits per heavy atom. The van der Waals surface area contributed by atoms with Crippen LogP contribution in [0.1, 0.15) is 37.7 Å². The second-order valence-electron chi connectivity index (χ2n) is 7.21. The minimum atomic E-state index is -0.420. The lowest BCUT2D eigenvalue weighted by atomic mass is 9.86. The Morgan fingerprint density at radius 1 is 1.35 bits per heavy atom. The van der Waals surface area contributed by atoms with Gasteiger partial charge in [0.2, 0.25) is 0 Å². The lowest BCUT2D eigenvalue weighted by Crippen LogP contribution is -2.53. The standard InChI is InChI=1S/C18H23ClN2O2/c19-15-3-1-2-14(10-15)18(6-7-23-18)11-20-17(22)21-16-9-12-4-5-13(16)8-12/h1-3,10,12-13,16H,4-9,11H2,(H2,20,21,22). The summed E-state index contributed by atoms with van der Waals surface area (Å²) < 4.78 is 5.83. The lowest BCUT2D eigenvalue weighted by Gasteiger charge is -2.42. The average molecular weight is 335 g/mol. The predicted octanol–water partition coefficient (Wildman–Crippen LogP) is 3.44. The molecule has 2 bridgehead atoms. The van der Waals surface area contributed by atoms with Crippen molar-refractivity contribution in [2.24, 2.45) is 11.8 Å². The molecule has 2 N–H and O–H groups in total. The van der Waals surface area contributed by atoms with Gasteiger partial charge in [-0.15, -0.1) is 0 Å². The average Bonchev–Trinajstić information content (AvgIpc) is 3.09. The van der Waals surface area contributed by atoms with E-state index < -0.39 is 5.60 Å². The highest BCUT2D eigenvalue weighted by Gasteiger charge is 2.42. The second kappa shape index (κ2) is 5.99. The number of carbonyl (C=O) groups is 1. The maximum absolute atomic E-state index is 12.3. The molecule has 4 unspecified atom stereocenters. The molecule has 3 fully saturated rings. The van der Waals surface area contributed by atoms with E-state index in [0.717, 1.165) is 30.9 Å². The van der Waals surface area contributed by atoms with Crippen LogP contribution in [0.5, 0.6) is 0 Å². The topological polar surface area (TPSA) is 50.4 Å². The van der Waals surface area contributed by atoms with Gasteiger partial charge in [0.15, 0.2) is 0 Å². The highest BCUT2D eigenvalue weighted by Crippen LogP contribution is 2.44. The van der Waals surface area contributed by atoms with Gasteiger partial charge in [0.1, 0.15) is 5.60 Å². The first-order valence-electron chi connectivity index (χ1n) is 8.59. The summed E-state index contributed by atoms with van der Waals surface area (Å²) in [5.41, 5.74) is 0.619. The van der Waals surface area contributed by atoms with Crippen molar-refractivity contribution in [2.75, 3.05) is 13.2 Å². The van der Waals surface area contributed by atoms with Crippen molar-refractivity contribution >= 4 is 17.6 Å². The number of hydrogen-bond donors (Lipinski definition) is 2. The zero-order valence-corrected chi connectivity index (χ0v) is 13.9. The predicted molar refractivity (Wildman–Crippen MR) is 89.5 cm³/mol. The fourth-order valence-electron chi connectivity index (χ4n) is 4.45. The maximum Gasteiger partial charge on any atom is 0.315 e. The van der Waals surface area contributed by atoms with Crippen LogP contribution < -0.4 is 10.6 Å². The number of hydrogen-bond acceptors (Lipinski definition) is 2. The molecule has 4 atom stereocenters. The summed E-state index contributed by atoms with van der Waals surface area (Å²) in [5.74, 6) is 1.52. The number of benzene rings is 1. The molecule has 4 rings (SSSR count). The molecule has 2 aliphatic carbocycles. The van der Waals surface area contributed by atoms with E-state index in [1.165, 1.54) is 19.3 Å². The second-order valence-corrected chi connectivity index (χ2v) is 7.65. The quantitative estimate of drug-likeness (QED) is 0.886. The molecule has 1 aliphatic heterocycles. The van der Waals surface area contributed by atoms with Gasteiger partial charge in [-0.1, -0.05) is 30.2 Å². The van der Waals surface area contributed by atoms with Crippen LogP contribution in [0.3, 0.4) is 0 Å². The van der Waals surface area contributed by atoms with Crippen LogP contribution in [0.15, 0.2) is 24.3 Å². The van der Waals surface area contributed by atoms with Gasteiger partial charge in [0.05, 0.1) is 13.2 Å². The molecule has 1 aromatic rings. The highest BCUT2D eigenvalue weighted by atomic mass is 35.5. The Morgan fingerprint density at radius 2 is 2.22 bits per heavy atom. The molecule has 2 amide bonds. The molecule has 0 aromatic heterocycles. The van der Waals surface area contributed by atoms with Gasteiger partial charge >= 0.3 is 6.03 Å². The first-order chi connectivity index (χ1) is 11.1. The summed E-state index contributed by atoms with van der Waals surface area (Å²) in [6.07, 6.45) is 5.96. The summed E-state index contributed by atoms with van der Waals surface area (Å²) in [6.45, 7) is 1.21. The van der Waals surface area contributed by atoms with Crippen LogP contribution in [-0.4, -0.2) is 25.2 Å². The summed E-state index contributed by atoms with van der Waals surface area (Å²) in [4.78, 5) is 12.3. The number of carbonyl (C=O) groups excluding carboxylic acids is 1. The fourth-order valence-corrected chi connectivity index (χ4v) is 4.64. The van der Waals surface area contributed by atoms with Crippen LogP contribution >= 0.6 is 11.6 Å². The smallest absolute Gasteiger partial charge is 0.315 e. The van der Waals surface area contributed by atoms with Crippen molar-refractivity contribution in [3.63, 3.8) is 0 Å². The molecule has 0 spiro atoms. The third-order valence-electron chi connectivity index (χ3n) is 5.82. The van der Waals surface area contributed by atoms with Crippen LogP contribution in [-0.2, 0) is 10.3 Å². The van der Waals surface area contributed by atoms with E-state index in [-0.39, 0.29) is 6.03 Å². The van der Waals surface area contributed by atoms with E-state index in [1.54, 1.807) is 0 Å². The van der Waals surface area contributed by atoms with Crippen molar-refractivity contribution in [2.45, 2.75) is 43.7 Å². The van der Waals surface area contributed by atoms with E-state index >= 15 is 0 Å². The molecular weight excluding hydrogens is 312 g/mol. The molecule has 0 radical (unpaired) electrons. The van der Waals surface area contributed by atoms with Crippen LogP contribution in [0, 0.1) is 11.8 Å². The van der Waals surface area contributed by atoms with E-state index in [2.05, 4.69) is 10.6 Å². The Labute approximate surface area is 141 Å². The molecule has 1 heterocycles. The number of fused-ring (bicyclic) bond motifs is 2. The molecule has 3 aliphatic rings. The Kier molecular flexibility index (Phi) is 3.98. The van der Waals surface area contributed by atoms with Crippen LogP contribution in [0.2, 0.25) is 5.02 Å². The van der Waals surface area contributed by atoms with Crippen molar-refractivity contribution in [1.82, 2.24) is 10.6 Å². The highest BCUT2D eigenvalue weighted by molar-refractivity contribution is 6.30. The molecule has 23 heavy (non-hydrogen) atoms. The zero-order valence-electron chi connectivity index (χ0n) is 13.2. The van der Waals surface area contributed by atoms with Crippen molar-refractivity contribution in [1.29, 1.82) is 0 Å². The number of nitrogens with one attached hydrogen (secondary N) is 2. The van der Waals surface area contributed by atoms with E-state index in [1.807, 2.05) is 24.3 Å². The van der Waals surface area contributed by atoms with Gasteiger partial charge in [-0.3, -0.25) is 0 Å². The fraction of sp³-hybridized carbons (Fsp3) is 0.611. The number of halogens is 1. The van der Waals surface area contributed by atoms with Gasteiger partial charge < -0.3 is 15.4 Å². The minimum Gasteiger partial charge on any atom is -0.368 e. The largest absolute Gasteiger partial charge is 0.368 e. The maximum atomic E-state index is 12.3. The molecule has 1 saturated heterocycles. The first kappa shape index (κ1) is 15.3. The molecular formula is C18H23ClN2O2.